The molecule has 3 aromatic rings. The third-order valence-electron chi connectivity index (χ3n) is 3.62. The summed E-state index contributed by atoms with van der Waals surface area (Å²) in [5, 5.41) is 12.8. The van der Waals surface area contributed by atoms with E-state index in [1.165, 1.54) is 11.8 Å². The Balaban J connectivity index is 1.58. The van der Waals surface area contributed by atoms with Crippen LogP contribution in [0.2, 0.25) is 10.0 Å². The van der Waals surface area contributed by atoms with Gasteiger partial charge >= 0.3 is 0 Å². The second kappa shape index (κ2) is 8.54. The van der Waals surface area contributed by atoms with Gasteiger partial charge in [0.1, 0.15) is 5.03 Å². The molecular weight excluding hydrogens is 389 g/mol. The average Bonchev–Trinajstić information content (AvgIpc) is 2.64. The molecule has 26 heavy (non-hydrogen) atoms. The maximum absolute atomic E-state index is 12.1. The fourth-order valence-electron chi connectivity index (χ4n) is 2.31. The Morgan fingerprint density at radius 2 is 1.85 bits per heavy atom. The minimum Gasteiger partial charge on any atom is -0.325 e. The molecular formula is C19H15Cl2N3OS. The van der Waals surface area contributed by atoms with E-state index in [4.69, 9.17) is 23.2 Å². The molecule has 0 fully saturated rings. The highest BCUT2D eigenvalue weighted by Gasteiger charge is 2.08. The normalized spacial score (nSPS) is 10.6. The summed E-state index contributed by atoms with van der Waals surface area (Å²) >= 11 is 13.1. The summed E-state index contributed by atoms with van der Waals surface area (Å²) in [6, 6.07) is 16.7. The van der Waals surface area contributed by atoms with Crippen LogP contribution in [0.5, 0.6) is 0 Å². The molecule has 3 rings (SSSR count). The molecule has 0 aliphatic rings. The number of aromatic nitrogens is 2. The lowest BCUT2D eigenvalue weighted by molar-refractivity contribution is -0.113. The number of aryl methyl sites for hydroxylation is 1. The maximum atomic E-state index is 12.1. The maximum Gasteiger partial charge on any atom is 0.234 e. The fourth-order valence-corrected chi connectivity index (χ4v) is 3.22. The predicted octanol–water partition coefficient (Wildman–Crippen LogP) is 5.49. The van der Waals surface area contributed by atoms with Gasteiger partial charge in [-0.05, 0) is 42.8 Å². The number of carbonyl (C=O) groups is 1. The lowest BCUT2D eigenvalue weighted by Gasteiger charge is -2.07. The van der Waals surface area contributed by atoms with Crippen LogP contribution < -0.4 is 5.32 Å². The molecule has 0 aliphatic carbocycles. The number of thioether (sulfide) groups is 1. The third-order valence-corrected chi connectivity index (χ3v) is 5.27. The number of hydrogen-bond donors (Lipinski definition) is 1. The van der Waals surface area contributed by atoms with Gasteiger partial charge in [0, 0.05) is 11.3 Å². The number of hydrogen-bond acceptors (Lipinski definition) is 4. The first-order chi connectivity index (χ1) is 12.5. The molecule has 0 atom stereocenters. The Hall–Kier alpha value is -2.08. The minimum absolute atomic E-state index is 0.154. The van der Waals surface area contributed by atoms with Gasteiger partial charge in [-0.15, -0.1) is 10.2 Å². The van der Waals surface area contributed by atoms with Gasteiger partial charge in [-0.3, -0.25) is 4.79 Å². The molecule has 0 spiro atoms. The average molecular weight is 404 g/mol. The van der Waals surface area contributed by atoms with E-state index in [9.17, 15) is 4.79 Å². The van der Waals surface area contributed by atoms with Crippen LogP contribution in [0.4, 0.5) is 5.69 Å². The zero-order chi connectivity index (χ0) is 18.5. The van der Waals surface area contributed by atoms with Gasteiger partial charge < -0.3 is 5.32 Å². The van der Waals surface area contributed by atoms with E-state index < -0.39 is 0 Å². The van der Waals surface area contributed by atoms with Crippen LogP contribution in [-0.4, -0.2) is 21.9 Å². The summed E-state index contributed by atoms with van der Waals surface area (Å²) in [7, 11) is 0. The van der Waals surface area contributed by atoms with Gasteiger partial charge in [0.2, 0.25) is 5.91 Å². The lowest BCUT2D eigenvalue weighted by atomic mass is 10.1. The van der Waals surface area contributed by atoms with Gasteiger partial charge in [0.05, 0.1) is 21.5 Å². The Labute approximate surface area is 165 Å². The van der Waals surface area contributed by atoms with Gasteiger partial charge in [0.15, 0.2) is 0 Å². The molecule has 1 aromatic heterocycles. The van der Waals surface area contributed by atoms with Crippen molar-refractivity contribution in [2.24, 2.45) is 0 Å². The number of benzene rings is 2. The summed E-state index contributed by atoms with van der Waals surface area (Å²) < 4.78 is 0. The SMILES string of the molecule is Cc1ccccc1-c1ccc(SCC(=O)Nc2ccc(Cl)c(Cl)c2)nn1. The third kappa shape index (κ3) is 4.75. The van der Waals surface area contributed by atoms with Crippen molar-refractivity contribution >= 4 is 46.6 Å². The smallest absolute Gasteiger partial charge is 0.234 e. The molecule has 7 heteroatoms. The van der Waals surface area contributed by atoms with E-state index in [0.717, 1.165) is 16.8 Å². The van der Waals surface area contributed by atoms with Crippen LogP contribution in [0.15, 0.2) is 59.6 Å². The highest BCUT2D eigenvalue weighted by atomic mass is 35.5. The molecule has 0 aliphatic heterocycles. The van der Waals surface area contributed by atoms with E-state index in [1.54, 1.807) is 18.2 Å². The molecule has 2 aromatic carbocycles. The van der Waals surface area contributed by atoms with Crippen LogP contribution in [0.25, 0.3) is 11.3 Å². The fraction of sp³-hybridized carbons (Fsp3) is 0.105. The molecule has 1 heterocycles. The number of anilines is 1. The minimum atomic E-state index is -0.154. The molecule has 0 saturated carbocycles. The standard InChI is InChI=1S/C19H15Cl2N3OS/c1-12-4-2-3-5-14(12)17-8-9-19(24-23-17)26-11-18(25)22-13-6-7-15(20)16(21)10-13/h2-10H,11H2,1H3,(H,22,25). The number of carbonyl (C=O) groups excluding carboxylic acids is 1. The van der Waals surface area contributed by atoms with E-state index in [-0.39, 0.29) is 11.7 Å². The van der Waals surface area contributed by atoms with Crippen molar-refractivity contribution in [3.63, 3.8) is 0 Å². The molecule has 0 unspecified atom stereocenters. The van der Waals surface area contributed by atoms with E-state index in [0.29, 0.717) is 20.8 Å². The number of nitrogens with zero attached hydrogens (tertiary/aromatic N) is 2. The first kappa shape index (κ1) is 18.7. The highest BCUT2D eigenvalue weighted by Crippen LogP contribution is 2.26. The number of rotatable bonds is 5. The molecule has 0 radical (unpaired) electrons. The van der Waals surface area contributed by atoms with Gasteiger partial charge in [0.25, 0.3) is 0 Å². The summed E-state index contributed by atoms with van der Waals surface area (Å²) in [6.45, 7) is 2.03. The molecule has 4 nitrogen and oxygen atoms in total. The quantitative estimate of drug-likeness (QED) is 0.572. The van der Waals surface area contributed by atoms with Crippen molar-refractivity contribution in [3.8, 4) is 11.3 Å². The van der Waals surface area contributed by atoms with Crippen LogP contribution >= 0.6 is 35.0 Å². The van der Waals surface area contributed by atoms with Gasteiger partial charge in [-0.2, -0.15) is 0 Å². The first-order valence-corrected chi connectivity index (χ1v) is 9.54. The monoisotopic (exact) mass is 403 g/mol. The summed E-state index contributed by atoms with van der Waals surface area (Å²) in [5.74, 6) is 0.0664. The van der Waals surface area contributed by atoms with Gasteiger partial charge in [-0.1, -0.05) is 59.2 Å². The Kier molecular flexibility index (Phi) is 6.14. The Morgan fingerprint density at radius 1 is 1.04 bits per heavy atom. The van der Waals surface area contributed by atoms with E-state index in [2.05, 4.69) is 15.5 Å². The number of nitrogens with one attached hydrogen (secondary N) is 1. The van der Waals surface area contributed by atoms with Crippen molar-refractivity contribution in [1.82, 2.24) is 10.2 Å². The van der Waals surface area contributed by atoms with Crippen LogP contribution in [0.3, 0.4) is 0 Å². The zero-order valence-corrected chi connectivity index (χ0v) is 16.2. The second-order valence-electron chi connectivity index (χ2n) is 5.54. The molecule has 0 bridgehead atoms. The topological polar surface area (TPSA) is 54.9 Å². The Morgan fingerprint density at radius 3 is 2.54 bits per heavy atom. The first-order valence-electron chi connectivity index (χ1n) is 7.80. The molecule has 1 amide bonds. The zero-order valence-electron chi connectivity index (χ0n) is 13.9. The van der Waals surface area contributed by atoms with Crippen molar-refractivity contribution in [1.29, 1.82) is 0 Å². The number of halogens is 2. The predicted molar refractivity (Wildman–Crippen MR) is 108 cm³/mol. The van der Waals surface area contributed by atoms with Crippen LogP contribution in [0.1, 0.15) is 5.56 Å². The lowest BCUT2D eigenvalue weighted by Crippen LogP contribution is -2.14. The molecule has 0 saturated heterocycles. The van der Waals surface area contributed by atoms with Crippen molar-refractivity contribution in [3.05, 3.63) is 70.2 Å². The highest BCUT2D eigenvalue weighted by molar-refractivity contribution is 7.99. The van der Waals surface area contributed by atoms with E-state index >= 15 is 0 Å². The largest absolute Gasteiger partial charge is 0.325 e. The second-order valence-corrected chi connectivity index (χ2v) is 7.35. The summed E-state index contributed by atoms with van der Waals surface area (Å²) in [6.07, 6.45) is 0. The van der Waals surface area contributed by atoms with Crippen molar-refractivity contribution in [2.45, 2.75) is 11.9 Å². The summed E-state index contributed by atoms with van der Waals surface area (Å²) in [4.78, 5) is 12.1. The Bertz CT molecular complexity index is 932. The van der Waals surface area contributed by atoms with Crippen LogP contribution in [0, 0.1) is 6.92 Å². The van der Waals surface area contributed by atoms with Gasteiger partial charge in [-0.25, -0.2) is 0 Å². The molecule has 1 N–H and O–H groups in total. The summed E-state index contributed by atoms with van der Waals surface area (Å²) in [5.41, 5.74) is 3.61. The van der Waals surface area contributed by atoms with E-state index in [1.807, 2.05) is 43.3 Å². The van der Waals surface area contributed by atoms with Crippen molar-refractivity contribution < 1.29 is 4.79 Å². The van der Waals surface area contributed by atoms with Crippen molar-refractivity contribution in [2.75, 3.05) is 11.1 Å². The number of amides is 1. The van der Waals surface area contributed by atoms with Crippen LogP contribution in [-0.2, 0) is 4.79 Å². The molecule has 132 valence electrons.